The first-order chi connectivity index (χ1) is 12.4. The van der Waals surface area contributed by atoms with E-state index in [4.69, 9.17) is 4.74 Å². The quantitative estimate of drug-likeness (QED) is 0.663. The summed E-state index contributed by atoms with van der Waals surface area (Å²) in [6, 6.07) is 10.2. The third kappa shape index (κ3) is 4.85. The second-order valence-corrected chi connectivity index (χ2v) is 10.00. The lowest BCUT2D eigenvalue weighted by Crippen LogP contribution is -2.23. The summed E-state index contributed by atoms with van der Waals surface area (Å²) in [5, 5.41) is -0.301. The molecule has 0 amide bonds. The van der Waals surface area contributed by atoms with E-state index in [9.17, 15) is 8.42 Å². The first-order valence-electron chi connectivity index (χ1n) is 9.29. The summed E-state index contributed by atoms with van der Waals surface area (Å²) in [4.78, 5) is 4.12. The summed E-state index contributed by atoms with van der Waals surface area (Å²) in [7, 11) is -2.99. The maximum atomic E-state index is 12.2. The van der Waals surface area contributed by atoms with Gasteiger partial charge in [-0.25, -0.2) is 8.42 Å². The number of ether oxygens (including phenoxy) is 1. The Morgan fingerprint density at radius 2 is 2.00 bits per heavy atom. The minimum atomic E-state index is -2.99. The summed E-state index contributed by atoms with van der Waals surface area (Å²) >= 11 is 0. The lowest BCUT2D eigenvalue weighted by molar-refractivity contribution is 0.310. The van der Waals surface area contributed by atoms with Crippen LogP contribution < -0.4 is 4.74 Å². The van der Waals surface area contributed by atoms with E-state index in [1.165, 1.54) is 16.7 Å². The van der Waals surface area contributed by atoms with E-state index in [1.54, 1.807) is 20.0 Å². The number of aromatic nitrogens is 1. The molecule has 1 aromatic heterocycles. The lowest BCUT2D eigenvalue weighted by atomic mass is 10.1. The average Bonchev–Trinajstić information content (AvgIpc) is 3.00. The molecule has 0 saturated heterocycles. The van der Waals surface area contributed by atoms with Crippen molar-refractivity contribution in [3.8, 4) is 5.75 Å². The molecular weight excluding hydrogens is 346 g/mol. The van der Waals surface area contributed by atoms with Crippen molar-refractivity contribution >= 4 is 9.84 Å². The highest BCUT2D eigenvalue weighted by atomic mass is 32.2. The Morgan fingerprint density at radius 1 is 1.19 bits per heavy atom. The van der Waals surface area contributed by atoms with Gasteiger partial charge in [-0.2, -0.15) is 0 Å². The van der Waals surface area contributed by atoms with Crippen molar-refractivity contribution in [1.82, 2.24) is 4.98 Å². The zero-order valence-electron chi connectivity index (χ0n) is 15.5. The van der Waals surface area contributed by atoms with E-state index in [-0.39, 0.29) is 16.9 Å². The van der Waals surface area contributed by atoms with Gasteiger partial charge in [0.25, 0.3) is 0 Å². The van der Waals surface area contributed by atoms with Crippen LogP contribution in [0, 0.1) is 5.92 Å². The number of hydrogen-bond donors (Lipinski definition) is 0. The highest BCUT2D eigenvalue weighted by Crippen LogP contribution is 2.31. The summed E-state index contributed by atoms with van der Waals surface area (Å²) in [6.45, 7) is 4.18. The molecule has 4 nitrogen and oxygen atoms in total. The smallest absolute Gasteiger partial charge is 0.152 e. The molecule has 1 aromatic carbocycles. The van der Waals surface area contributed by atoms with Crippen LogP contribution in [-0.2, 0) is 29.1 Å². The van der Waals surface area contributed by atoms with Crippen molar-refractivity contribution in [3.63, 3.8) is 0 Å². The third-order valence-electron chi connectivity index (χ3n) is 4.98. The Kier molecular flexibility index (Phi) is 5.97. The molecule has 1 aliphatic rings. The number of hydrogen-bond acceptors (Lipinski definition) is 4. The Bertz CT molecular complexity index is 832. The van der Waals surface area contributed by atoms with Crippen molar-refractivity contribution < 1.29 is 13.2 Å². The highest BCUT2D eigenvalue weighted by molar-refractivity contribution is 7.91. The molecule has 0 aliphatic heterocycles. The molecule has 3 rings (SSSR count). The minimum absolute atomic E-state index is 0.193. The van der Waals surface area contributed by atoms with Gasteiger partial charge in [0, 0.05) is 12.4 Å². The number of aryl methyl sites for hydroxylation is 1. The molecule has 0 fully saturated rings. The number of sulfone groups is 1. The molecule has 5 heteroatoms. The second kappa shape index (κ2) is 8.21. The molecule has 140 valence electrons. The zero-order valence-corrected chi connectivity index (χ0v) is 16.3. The Hall–Kier alpha value is -1.88. The largest absolute Gasteiger partial charge is 0.494 e. The van der Waals surface area contributed by atoms with Crippen molar-refractivity contribution in [2.45, 2.75) is 44.8 Å². The summed E-state index contributed by atoms with van der Waals surface area (Å²) in [6.07, 6.45) is 7.24. The van der Waals surface area contributed by atoms with Crippen LogP contribution in [0.1, 0.15) is 37.0 Å². The van der Waals surface area contributed by atoms with Crippen molar-refractivity contribution in [2.24, 2.45) is 5.92 Å². The molecule has 0 radical (unpaired) electrons. The minimum Gasteiger partial charge on any atom is -0.494 e. The van der Waals surface area contributed by atoms with E-state index in [0.29, 0.717) is 6.61 Å². The Balaban J connectivity index is 1.50. The molecule has 2 aromatic rings. The van der Waals surface area contributed by atoms with Gasteiger partial charge < -0.3 is 4.74 Å². The predicted octanol–water partition coefficient (Wildman–Crippen LogP) is 3.63. The van der Waals surface area contributed by atoms with Gasteiger partial charge in [0.1, 0.15) is 5.75 Å². The summed E-state index contributed by atoms with van der Waals surface area (Å²) in [5.41, 5.74) is 3.72. The van der Waals surface area contributed by atoms with E-state index in [2.05, 4.69) is 23.2 Å². The first-order valence-corrected chi connectivity index (χ1v) is 11.0. The lowest BCUT2D eigenvalue weighted by Gasteiger charge is -2.12. The van der Waals surface area contributed by atoms with Crippen LogP contribution >= 0.6 is 0 Å². The first kappa shape index (κ1) is 18.9. The van der Waals surface area contributed by atoms with Crippen LogP contribution in [0.15, 0.2) is 42.7 Å². The molecule has 0 saturated carbocycles. The summed E-state index contributed by atoms with van der Waals surface area (Å²) < 4.78 is 30.2. The standard InChI is InChI=1S/C21H27NO3S/c1-16(2)26(23,24)15-18-11-19-7-8-21(13-20(19)12-18)25-10-4-6-17-5-3-9-22-14-17/h3,5,7-9,13-14,16,18H,4,6,10-12,15H2,1-2H3/t18-/m0/s1. The average molecular weight is 374 g/mol. The predicted molar refractivity (Wildman–Crippen MR) is 104 cm³/mol. The Labute approximate surface area is 156 Å². The fraction of sp³-hybridized carbons (Fsp3) is 0.476. The van der Waals surface area contributed by atoms with Gasteiger partial charge in [-0.3, -0.25) is 4.98 Å². The van der Waals surface area contributed by atoms with Crippen LogP contribution in [0.5, 0.6) is 5.75 Å². The van der Waals surface area contributed by atoms with Gasteiger partial charge in [-0.1, -0.05) is 12.1 Å². The van der Waals surface area contributed by atoms with Crippen LogP contribution in [-0.4, -0.2) is 31.0 Å². The van der Waals surface area contributed by atoms with Crippen molar-refractivity contribution in [3.05, 3.63) is 59.4 Å². The van der Waals surface area contributed by atoms with E-state index in [0.717, 1.165) is 31.4 Å². The van der Waals surface area contributed by atoms with E-state index < -0.39 is 9.84 Å². The zero-order chi connectivity index (χ0) is 18.6. The maximum Gasteiger partial charge on any atom is 0.152 e. The molecule has 0 unspecified atom stereocenters. The maximum absolute atomic E-state index is 12.2. The monoisotopic (exact) mass is 373 g/mol. The van der Waals surface area contributed by atoms with Crippen molar-refractivity contribution in [1.29, 1.82) is 0 Å². The molecule has 26 heavy (non-hydrogen) atoms. The van der Waals surface area contributed by atoms with Gasteiger partial charge in [0.05, 0.1) is 17.6 Å². The topological polar surface area (TPSA) is 56.3 Å². The van der Waals surface area contributed by atoms with Gasteiger partial charge in [0.2, 0.25) is 0 Å². The van der Waals surface area contributed by atoms with Crippen molar-refractivity contribution in [2.75, 3.05) is 12.4 Å². The second-order valence-electron chi connectivity index (χ2n) is 7.40. The van der Waals surface area contributed by atoms with Gasteiger partial charge >= 0.3 is 0 Å². The highest BCUT2D eigenvalue weighted by Gasteiger charge is 2.28. The van der Waals surface area contributed by atoms with Crippen LogP contribution in [0.25, 0.3) is 0 Å². The SMILES string of the molecule is CC(C)S(=O)(=O)C[C@H]1Cc2ccc(OCCCc3cccnc3)cc2C1. The fourth-order valence-corrected chi connectivity index (χ4v) is 4.70. The summed E-state index contributed by atoms with van der Waals surface area (Å²) in [5.74, 6) is 1.35. The van der Waals surface area contributed by atoms with Gasteiger partial charge in [-0.15, -0.1) is 0 Å². The Morgan fingerprint density at radius 3 is 2.73 bits per heavy atom. The van der Waals surface area contributed by atoms with Crippen LogP contribution in [0.2, 0.25) is 0 Å². The van der Waals surface area contributed by atoms with E-state index in [1.807, 2.05) is 18.3 Å². The number of fused-ring (bicyclic) bond motifs is 1. The number of rotatable bonds is 8. The number of pyridine rings is 1. The molecule has 1 aliphatic carbocycles. The molecular formula is C21H27NO3S. The normalized spacial score (nSPS) is 16.7. The molecule has 0 bridgehead atoms. The van der Waals surface area contributed by atoms with Gasteiger partial charge in [0.15, 0.2) is 9.84 Å². The molecule has 1 heterocycles. The molecule has 1 atom stereocenters. The van der Waals surface area contributed by atoms with E-state index >= 15 is 0 Å². The third-order valence-corrected chi connectivity index (χ3v) is 7.35. The molecule has 0 N–H and O–H groups in total. The molecule has 0 spiro atoms. The van der Waals surface area contributed by atoms with Gasteiger partial charge in [-0.05, 0) is 80.3 Å². The fourth-order valence-electron chi connectivity index (χ4n) is 3.43. The number of nitrogens with zero attached hydrogens (tertiary/aromatic N) is 1. The van der Waals surface area contributed by atoms with Crippen LogP contribution in [0.4, 0.5) is 0 Å². The van der Waals surface area contributed by atoms with Crippen LogP contribution in [0.3, 0.4) is 0 Å². The number of benzene rings is 1.